The molecule has 3 nitrogen and oxygen atoms in total. The van der Waals surface area contributed by atoms with Crippen molar-refractivity contribution in [2.45, 2.75) is 26.7 Å². The van der Waals surface area contributed by atoms with Gasteiger partial charge in [0.15, 0.2) is 17.5 Å². The van der Waals surface area contributed by atoms with Crippen LogP contribution in [0.3, 0.4) is 0 Å². The van der Waals surface area contributed by atoms with E-state index < -0.39 is 11.6 Å². The van der Waals surface area contributed by atoms with Crippen LogP contribution in [0.25, 0.3) is 11.4 Å². The Morgan fingerprint density at radius 3 is 2.45 bits per heavy atom. The van der Waals surface area contributed by atoms with Crippen LogP contribution in [0, 0.1) is 11.6 Å². The van der Waals surface area contributed by atoms with Crippen molar-refractivity contribution in [1.82, 2.24) is 9.97 Å². The van der Waals surface area contributed by atoms with Gasteiger partial charge in [0.05, 0.1) is 0 Å². The zero-order valence-electron chi connectivity index (χ0n) is 11.7. The van der Waals surface area contributed by atoms with Gasteiger partial charge in [0.25, 0.3) is 0 Å². The molecule has 1 aromatic heterocycles. The Morgan fingerprint density at radius 2 is 1.85 bits per heavy atom. The summed E-state index contributed by atoms with van der Waals surface area (Å²) in [7, 11) is 0. The van der Waals surface area contributed by atoms with Gasteiger partial charge in [-0.1, -0.05) is 13.8 Å². The minimum Gasteiger partial charge on any atom is -0.370 e. The number of rotatable bonds is 4. The lowest BCUT2D eigenvalue weighted by Crippen LogP contribution is -2.05. The predicted octanol–water partition coefficient (Wildman–Crippen LogP) is 3.98. The van der Waals surface area contributed by atoms with Crippen molar-refractivity contribution in [1.29, 1.82) is 0 Å². The Labute approximate surface area is 117 Å². The van der Waals surface area contributed by atoms with Crippen molar-refractivity contribution in [3.05, 3.63) is 41.6 Å². The van der Waals surface area contributed by atoms with E-state index in [-0.39, 0.29) is 5.92 Å². The molecule has 0 spiro atoms. The maximum Gasteiger partial charge on any atom is 0.161 e. The van der Waals surface area contributed by atoms with Crippen LogP contribution < -0.4 is 5.32 Å². The van der Waals surface area contributed by atoms with Gasteiger partial charge in [-0.05, 0) is 31.0 Å². The largest absolute Gasteiger partial charge is 0.370 e. The normalized spacial score (nSPS) is 10.9. The van der Waals surface area contributed by atoms with E-state index in [2.05, 4.69) is 15.3 Å². The number of hydrogen-bond acceptors (Lipinski definition) is 3. The first-order valence-electron chi connectivity index (χ1n) is 6.59. The summed E-state index contributed by atoms with van der Waals surface area (Å²) in [4.78, 5) is 8.75. The van der Waals surface area contributed by atoms with E-state index in [0.717, 1.165) is 24.4 Å². The summed E-state index contributed by atoms with van der Waals surface area (Å²) in [5.74, 6) is -0.469. The number of nitrogens with zero attached hydrogens (tertiary/aromatic N) is 2. The van der Waals surface area contributed by atoms with Crippen LogP contribution in [0.2, 0.25) is 0 Å². The second-order valence-corrected chi connectivity index (χ2v) is 4.82. The van der Waals surface area contributed by atoms with Gasteiger partial charge in [-0.2, -0.15) is 0 Å². The highest BCUT2D eigenvalue weighted by atomic mass is 19.2. The molecule has 0 bridgehead atoms. The summed E-state index contributed by atoms with van der Waals surface area (Å²) < 4.78 is 26.3. The van der Waals surface area contributed by atoms with E-state index in [0.29, 0.717) is 17.2 Å². The minimum absolute atomic E-state index is 0.222. The number of aromatic nitrogens is 2. The van der Waals surface area contributed by atoms with Gasteiger partial charge in [-0.15, -0.1) is 0 Å². The molecular formula is C15H17F2N3. The highest BCUT2D eigenvalue weighted by Gasteiger charge is 2.11. The summed E-state index contributed by atoms with van der Waals surface area (Å²) in [6.45, 7) is 6.74. The second-order valence-electron chi connectivity index (χ2n) is 4.82. The molecule has 0 aliphatic heterocycles. The third-order valence-corrected chi connectivity index (χ3v) is 2.87. The number of anilines is 1. The topological polar surface area (TPSA) is 37.8 Å². The van der Waals surface area contributed by atoms with E-state index in [4.69, 9.17) is 0 Å². The first-order chi connectivity index (χ1) is 9.51. The predicted molar refractivity (Wildman–Crippen MR) is 75.6 cm³/mol. The number of hydrogen-bond donors (Lipinski definition) is 1. The fourth-order valence-electron chi connectivity index (χ4n) is 1.80. The van der Waals surface area contributed by atoms with Gasteiger partial charge in [-0.3, -0.25) is 0 Å². The van der Waals surface area contributed by atoms with E-state index in [9.17, 15) is 8.78 Å². The number of halogens is 2. The van der Waals surface area contributed by atoms with E-state index in [1.54, 1.807) is 0 Å². The maximum atomic E-state index is 13.3. The molecule has 5 heteroatoms. The van der Waals surface area contributed by atoms with Crippen LogP contribution >= 0.6 is 0 Å². The Bertz CT molecular complexity index is 612. The van der Waals surface area contributed by atoms with Crippen LogP contribution in [0.15, 0.2) is 24.3 Å². The highest BCUT2D eigenvalue weighted by Crippen LogP contribution is 2.23. The van der Waals surface area contributed by atoms with Crippen molar-refractivity contribution in [2.24, 2.45) is 0 Å². The van der Waals surface area contributed by atoms with Crippen LogP contribution in [-0.2, 0) is 0 Å². The summed E-state index contributed by atoms with van der Waals surface area (Å²) in [6, 6.07) is 5.55. The first kappa shape index (κ1) is 14.4. The lowest BCUT2D eigenvalue weighted by atomic mass is 10.1. The van der Waals surface area contributed by atoms with Crippen molar-refractivity contribution in [2.75, 3.05) is 11.9 Å². The molecule has 1 N–H and O–H groups in total. The molecule has 0 amide bonds. The Kier molecular flexibility index (Phi) is 4.27. The molecular weight excluding hydrogens is 260 g/mol. The molecule has 0 aliphatic carbocycles. The summed E-state index contributed by atoms with van der Waals surface area (Å²) in [5.41, 5.74) is 1.32. The number of benzene rings is 1. The third-order valence-electron chi connectivity index (χ3n) is 2.87. The zero-order chi connectivity index (χ0) is 14.7. The van der Waals surface area contributed by atoms with Crippen LogP contribution in [-0.4, -0.2) is 16.5 Å². The smallest absolute Gasteiger partial charge is 0.161 e. The molecule has 0 unspecified atom stereocenters. The fourth-order valence-corrected chi connectivity index (χ4v) is 1.80. The molecule has 0 saturated carbocycles. The Balaban J connectivity index is 2.51. The molecule has 0 aliphatic rings. The molecule has 1 heterocycles. The van der Waals surface area contributed by atoms with Crippen LogP contribution in [0.1, 0.15) is 32.4 Å². The molecule has 0 saturated heterocycles. The van der Waals surface area contributed by atoms with Gasteiger partial charge in [0, 0.05) is 23.9 Å². The molecule has 106 valence electrons. The van der Waals surface area contributed by atoms with Gasteiger partial charge < -0.3 is 5.32 Å². The molecule has 2 rings (SSSR count). The maximum absolute atomic E-state index is 13.3. The third kappa shape index (κ3) is 3.10. The van der Waals surface area contributed by atoms with Crippen LogP contribution in [0.5, 0.6) is 0 Å². The average Bonchev–Trinajstić information content (AvgIpc) is 2.42. The van der Waals surface area contributed by atoms with Crippen molar-refractivity contribution < 1.29 is 8.78 Å². The molecule has 2 aromatic rings. The summed E-state index contributed by atoms with van der Waals surface area (Å²) in [5, 5.41) is 3.12. The van der Waals surface area contributed by atoms with Crippen molar-refractivity contribution in [3.63, 3.8) is 0 Å². The van der Waals surface area contributed by atoms with E-state index >= 15 is 0 Å². The first-order valence-corrected chi connectivity index (χ1v) is 6.59. The monoisotopic (exact) mass is 277 g/mol. The highest BCUT2D eigenvalue weighted by molar-refractivity contribution is 5.58. The average molecular weight is 277 g/mol. The number of nitrogens with one attached hydrogen (secondary N) is 1. The molecule has 20 heavy (non-hydrogen) atoms. The fraction of sp³-hybridized carbons (Fsp3) is 0.333. The summed E-state index contributed by atoms with van der Waals surface area (Å²) >= 11 is 0. The van der Waals surface area contributed by atoms with E-state index in [1.807, 2.05) is 26.8 Å². The minimum atomic E-state index is -0.897. The van der Waals surface area contributed by atoms with Gasteiger partial charge in [0.1, 0.15) is 5.82 Å². The summed E-state index contributed by atoms with van der Waals surface area (Å²) in [6.07, 6.45) is 0. The van der Waals surface area contributed by atoms with Crippen molar-refractivity contribution >= 4 is 5.82 Å². The zero-order valence-corrected chi connectivity index (χ0v) is 11.7. The standard InChI is InChI=1S/C15H17F2N3/c1-4-18-14-8-13(9(2)3)19-15(20-14)10-5-6-11(16)12(17)7-10/h5-9H,4H2,1-3H3,(H,18,19,20). The lowest BCUT2D eigenvalue weighted by molar-refractivity contribution is 0.509. The molecule has 0 atom stereocenters. The quantitative estimate of drug-likeness (QED) is 0.918. The molecule has 0 radical (unpaired) electrons. The SMILES string of the molecule is CCNc1cc(C(C)C)nc(-c2ccc(F)c(F)c2)n1. The molecule has 0 fully saturated rings. The van der Waals surface area contributed by atoms with Gasteiger partial charge in [-0.25, -0.2) is 18.7 Å². The second kappa shape index (κ2) is 5.94. The van der Waals surface area contributed by atoms with E-state index in [1.165, 1.54) is 6.07 Å². The van der Waals surface area contributed by atoms with Gasteiger partial charge >= 0.3 is 0 Å². The Hall–Kier alpha value is -2.04. The molecule has 1 aromatic carbocycles. The van der Waals surface area contributed by atoms with Gasteiger partial charge in [0.2, 0.25) is 0 Å². The van der Waals surface area contributed by atoms with Crippen LogP contribution in [0.4, 0.5) is 14.6 Å². The Morgan fingerprint density at radius 1 is 1.10 bits per heavy atom. The van der Waals surface area contributed by atoms with Crippen molar-refractivity contribution in [3.8, 4) is 11.4 Å². The lowest BCUT2D eigenvalue weighted by Gasteiger charge is -2.11.